The highest BCUT2D eigenvalue weighted by Crippen LogP contribution is 2.13. The number of methoxy groups -OCH3 is 1. The van der Waals surface area contributed by atoms with Crippen LogP contribution in [0.25, 0.3) is 0 Å². The first-order valence-corrected chi connectivity index (χ1v) is 5.98. The minimum atomic E-state index is -2.65. The molecule has 0 saturated heterocycles. The molecule has 0 aliphatic rings. The Balaban J connectivity index is 4.49. The molecule has 0 fully saturated rings. The van der Waals surface area contributed by atoms with Crippen LogP contribution in [0, 0.1) is 5.92 Å². The monoisotopic (exact) mass is 252 g/mol. The molecule has 0 aliphatic carbocycles. The van der Waals surface area contributed by atoms with E-state index in [1.165, 1.54) is 20.8 Å². The summed E-state index contributed by atoms with van der Waals surface area (Å²) in [5.41, 5.74) is -1.14. The quantitative estimate of drug-likeness (QED) is 0.412. The van der Waals surface area contributed by atoms with Gasteiger partial charge in [0, 0.05) is 0 Å². The fraction of sp³-hybridized carbons (Fsp3) is 0.778. The molecule has 16 heavy (non-hydrogen) atoms. The molecule has 0 heterocycles. The maximum absolute atomic E-state index is 11.4. The summed E-state index contributed by atoms with van der Waals surface area (Å²) in [5, 5.41) is 0. The third-order valence-corrected chi connectivity index (χ3v) is 2.81. The largest absolute Gasteiger partial charge is 0.468 e. The minimum absolute atomic E-state index is 0.290. The van der Waals surface area contributed by atoms with Gasteiger partial charge in [0.2, 0.25) is 0 Å². The van der Waals surface area contributed by atoms with E-state index in [1.54, 1.807) is 0 Å². The molecule has 0 aliphatic heterocycles. The van der Waals surface area contributed by atoms with Gasteiger partial charge in [0.05, 0.1) is 12.9 Å². The topological polar surface area (TPSA) is 86.7 Å². The predicted octanol–water partition coefficient (Wildman–Crippen LogP) is -0.271. The van der Waals surface area contributed by atoms with Gasteiger partial charge >= 0.3 is 11.9 Å². The zero-order valence-electron chi connectivity index (χ0n) is 9.68. The Bertz CT molecular complexity index is 336. The number of thiol groups is 1. The van der Waals surface area contributed by atoms with Crippen molar-refractivity contribution in [3.63, 3.8) is 0 Å². The molecule has 0 N–H and O–H groups in total. The molecule has 0 aromatic rings. The summed E-state index contributed by atoms with van der Waals surface area (Å²) < 4.78 is 30.3. The van der Waals surface area contributed by atoms with Gasteiger partial charge in [0.15, 0.2) is 5.92 Å². The number of rotatable bonds is 5. The highest BCUT2D eigenvalue weighted by molar-refractivity contribution is 7.72. The van der Waals surface area contributed by atoms with Crippen molar-refractivity contribution in [2.45, 2.75) is 26.4 Å². The number of carbonyl (C=O) groups excluding carboxylic acids is 2. The van der Waals surface area contributed by atoms with Gasteiger partial charge in [-0.1, -0.05) is 0 Å². The highest BCUT2D eigenvalue weighted by Gasteiger charge is 2.30. The summed E-state index contributed by atoms with van der Waals surface area (Å²) in [6.45, 7) is 4.25. The Morgan fingerprint density at radius 3 is 2.12 bits per heavy atom. The van der Waals surface area contributed by atoms with E-state index in [0.717, 1.165) is 7.11 Å². The lowest BCUT2D eigenvalue weighted by Gasteiger charge is -2.23. The van der Waals surface area contributed by atoms with Gasteiger partial charge in [-0.3, -0.25) is 9.59 Å². The van der Waals surface area contributed by atoms with Crippen molar-refractivity contribution in [2.75, 3.05) is 12.9 Å². The van der Waals surface area contributed by atoms with Gasteiger partial charge in [-0.15, -0.1) is 0 Å². The van der Waals surface area contributed by atoms with Crippen molar-refractivity contribution in [2.24, 2.45) is 5.92 Å². The molecule has 0 radical (unpaired) electrons. The van der Waals surface area contributed by atoms with Crippen LogP contribution in [0.1, 0.15) is 20.8 Å². The molecule has 7 heteroatoms. The molecular weight excluding hydrogens is 236 g/mol. The Labute approximate surface area is 95.9 Å². The Kier molecular flexibility index (Phi) is 5.43. The molecule has 0 aromatic carbocycles. The van der Waals surface area contributed by atoms with Crippen molar-refractivity contribution in [1.82, 2.24) is 0 Å². The average molecular weight is 252 g/mol. The third-order valence-electron chi connectivity index (χ3n) is 1.80. The molecule has 0 rings (SSSR count). The lowest BCUT2D eigenvalue weighted by Crippen LogP contribution is -2.36. The molecule has 6 nitrogen and oxygen atoms in total. The van der Waals surface area contributed by atoms with Crippen molar-refractivity contribution >= 4 is 22.6 Å². The maximum Gasteiger partial charge on any atom is 0.320 e. The summed E-state index contributed by atoms with van der Waals surface area (Å²) in [6, 6.07) is 0. The molecule has 0 aromatic heterocycles. The first kappa shape index (κ1) is 14.9. The van der Waals surface area contributed by atoms with Gasteiger partial charge in [-0.25, -0.2) is 8.42 Å². The predicted molar refractivity (Wildman–Crippen MR) is 56.5 cm³/mol. The Hall–Kier alpha value is -1.11. The first-order valence-electron chi connectivity index (χ1n) is 4.62. The van der Waals surface area contributed by atoms with E-state index < -0.39 is 34.2 Å². The number of hydrogen-bond acceptors (Lipinski definition) is 6. The van der Waals surface area contributed by atoms with Crippen LogP contribution in [0.5, 0.6) is 0 Å². The molecule has 1 atom stereocenters. The van der Waals surface area contributed by atoms with E-state index in [1.807, 2.05) is 0 Å². The van der Waals surface area contributed by atoms with Crippen LogP contribution in [-0.2, 0) is 29.8 Å². The summed E-state index contributed by atoms with van der Waals surface area (Å²) in [4.78, 5) is 22.4. The smallest absolute Gasteiger partial charge is 0.320 e. The lowest BCUT2D eigenvalue weighted by molar-refractivity contribution is -0.166. The van der Waals surface area contributed by atoms with Crippen molar-refractivity contribution in [3.8, 4) is 0 Å². The van der Waals surface area contributed by atoms with Crippen LogP contribution in [-0.4, -0.2) is 38.8 Å². The molecular formula is C9H16O6S. The zero-order valence-corrected chi connectivity index (χ0v) is 10.6. The summed E-state index contributed by atoms with van der Waals surface area (Å²) in [7, 11) is -1.49. The van der Waals surface area contributed by atoms with Gasteiger partial charge in [0.25, 0.3) is 0 Å². The van der Waals surface area contributed by atoms with Crippen molar-refractivity contribution < 1.29 is 27.5 Å². The zero-order chi connectivity index (χ0) is 12.9. The van der Waals surface area contributed by atoms with Crippen molar-refractivity contribution in [1.29, 1.82) is 0 Å². The standard InChI is InChI=1S/C9H16O6S/c1-6(7(10)14-4)8(11)15-9(2,3)5-16(12)13/h6,16H,5H2,1-4H3. The molecule has 0 bridgehead atoms. The lowest BCUT2D eigenvalue weighted by atomic mass is 10.1. The van der Waals surface area contributed by atoms with E-state index in [2.05, 4.69) is 4.74 Å². The summed E-state index contributed by atoms with van der Waals surface area (Å²) in [6.07, 6.45) is 0. The SMILES string of the molecule is COC(=O)C(C)C(=O)OC(C)(C)C[SH](=O)=O. The second-order valence-corrected chi connectivity index (χ2v) is 4.90. The Morgan fingerprint density at radius 2 is 1.75 bits per heavy atom. The van der Waals surface area contributed by atoms with E-state index in [-0.39, 0.29) is 5.75 Å². The maximum atomic E-state index is 11.4. The molecule has 0 amide bonds. The van der Waals surface area contributed by atoms with Crippen LogP contribution in [0.4, 0.5) is 0 Å². The summed E-state index contributed by atoms with van der Waals surface area (Å²) >= 11 is 0. The average Bonchev–Trinajstić information content (AvgIpc) is 2.12. The first-order chi connectivity index (χ1) is 7.19. The summed E-state index contributed by atoms with van der Waals surface area (Å²) in [5.74, 6) is -2.86. The number of hydrogen-bond donors (Lipinski definition) is 1. The minimum Gasteiger partial charge on any atom is -0.468 e. The number of esters is 2. The molecule has 94 valence electrons. The van der Waals surface area contributed by atoms with Crippen LogP contribution < -0.4 is 0 Å². The van der Waals surface area contributed by atoms with Crippen LogP contribution >= 0.6 is 0 Å². The van der Waals surface area contributed by atoms with E-state index >= 15 is 0 Å². The fourth-order valence-electron chi connectivity index (χ4n) is 0.977. The molecule has 0 saturated carbocycles. The van der Waals surface area contributed by atoms with Gasteiger partial charge < -0.3 is 9.47 Å². The van der Waals surface area contributed by atoms with Gasteiger partial charge in [-0.05, 0) is 20.8 Å². The fourth-order valence-corrected chi connectivity index (χ4v) is 1.66. The number of carbonyl (C=O) groups is 2. The van der Waals surface area contributed by atoms with Crippen LogP contribution in [0.3, 0.4) is 0 Å². The van der Waals surface area contributed by atoms with Crippen LogP contribution in [0.15, 0.2) is 0 Å². The highest BCUT2D eigenvalue weighted by atomic mass is 32.2. The molecule has 0 spiro atoms. The van der Waals surface area contributed by atoms with Gasteiger partial charge in [0.1, 0.15) is 16.3 Å². The second kappa shape index (κ2) is 5.83. The Morgan fingerprint density at radius 1 is 1.25 bits per heavy atom. The van der Waals surface area contributed by atoms with Crippen molar-refractivity contribution in [3.05, 3.63) is 0 Å². The third kappa shape index (κ3) is 5.11. The normalized spacial score (nSPS) is 13.3. The molecule has 1 unspecified atom stereocenters. The van der Waals surface area contributed by atoms with E-state index in [0.29, 0.717) is 0 Å². The van der Waals surface area contributed by atoms with Crippen LogP contribution in [0.2, 0.25) is 0 Å². The number of ether oxygens (including phenoxy) is 2. The van der Waals surface area contributed by atoms with E-state index in [4.69, 9.17) is 4.74 Å². The van der Waals surface area contributed by atoms with E-state index in [9.17, 15) is 18.0 Å². The second-order valence-electron chi connectivity index (χ2n) is 3.92. The van der Waals surface area contributed by atoms with Gasteiger partial charge in [-0.2, -0.15) is 0 Å².